The van der Waals surface area contributed by atoms with Gasteiger partial charge in [-0.1, -0.05) is 13.8 Å². The summed E-state index contributed by atoms with van der Waals surface area (Å²) in [5.74, 6) is 1.56. The van der Waals surface area contributed by atoms with Gasteiger partial charge in [0.25, 0.3) is 0 Å². The van der Waals surface area contributed by atoms with Gasteiger partial charge in [-0.3, -0.25) is 4.98 Å². The van der Waals surface area contributed by atoms with E-state index in [-0.39, 0.29) is 16.7 Å². The third kappa shape index (κ3) is 3.28. The first-order valence-corrected chi connectivity index (χ1v) is 9.16. The minimum Gasteiger partial charge on any atom is -0.425 e. The molecule has 8 heteroatoms. The fourth-order valence-corrected chi connectivity index (χ4v) is 4.07. The van der Waals surface area contributed by atoms with Crippen LogP contribution < -0.4 is 0 Å². The Bertz CT molecular complexity index is 750. The summed E-state index contributed by atoms with van der Waals surface area (Å²) in [6.45, 7) is 4.89. The standard InChI is InChI=1S/C15H20N4O3S/c1-11(2)14-17-18-15(22-14)12-5-8-19(9-6-12)23(20,21)13-4-3-7-16-10-13/h3-4,7,10-12H,5-6,8-9H2,1-2H3. The van der Waals surface area contributed by atoms with Crippen molar-refractivity contribution < 1.29 is 12.8 Å². The summed E-state index contributed by atoms with van der Waals surface area (Å²) in [7, 11) is -3.47. The molecule has 2 aromatic rings. The molecule has 0 aromatic carbocycles. The number of rotatable bonds is 4. The molecule has 0 N–H and O–H groups in total. The topological polar surface area (TPSA) is 89.2 Å². The van der Waals surface area contributed by atoms with Crippen molar-refractivity contribution >= 4 is 10.0 Å². The molecule has 0 unspecified atom stereocenters. The molecule has 0 saturated carbocycles. The molecular weight excluding hydrogens is 316 g/mol. The fourth-order valence-electron chi connectivity index (χ4n) is 2.64. The van der Waals surface area contributed by atoms with E-state index < -0.39 is 10.0 Å². The van der Waals surface area contributed by atoms with Crippen LogP contribution in [0.25, 0.3) is 0 Å². The highest BCUT2D eigenvalue weighted by atomic mass is 32.2. The van der Waals surface area contributed by atoms with Gasteiger partial charge >= 0.3 is 0 Å². The molecule has 3 heterocycles. The van der Waals surface area contributed by atoms with Crippen LogP contribution in [0.2, 0.25) is 0 Å². The summed E-state index contributed by atoms with van der Waals surface area (Å²) in [6, 6.07) is 3.20. The monoisotopic (exact) mass is 336 g/mol. The van der Waals surface area contributed by atoms with Gasteiger partial charge in [-0.05, 0) is 25.0 Å². The van der Waals surface area contributed by atoms with E-state index in [4.69, 9.17) is 4.42 Å². The van der Waals surface area contributed by atoms with E-state index >= 15 is 0 Å². The second kappa shape index (κ2) is 6.37. The molecule has 0 bridgehead atoms. The molecule has 3 rings (SSSR count). The van der Waals surface area contributed by atoms with Gasteiger partial charge in [-0.2, -0.15) is 4.31 Å². The lowest BCUT2D eigenvalue weighted by Gasteiger charge is -2.29. The highest BCUT2D eigenvalue weighted by molar-refractivity contribution is 7.89. The highest BCUT2D eigenvalue weighted by Gasteiger charge is 2.32. The van der Waals surface area contributed by atoms with Crippen LogP contribution in [0.15, 0.2) is 33.8 Å². The zero-order chi connectivity index (χ0) is 16.4. The molecule has 1 saturated heterocycles. The third-order valence-corrected chi connectivity index (χ3v) is 5.91. The maximum absolute atomic E-state index is 12.6. The molecule has 0 atom stereocenters. The van der Waals surface area contributed by atoms with Gasteiger partial charge in [0.1, 0.15) is 4.90 Å². The van der Waals surface area contributed by atoms with Crippen LogP contribution in [-0.2, 0) is 10.0 Å². The summed E-state index contributed by atoms with van der Waals surface area (Å²) in [5.41, 5.74) is 0. The summed E-state index contributed by atoms with van der Waals surface area (Å²) in [6.07, 6.45) is 4.31. The molecule has 1 aliphatic heterocycles. The maximum Gasteiger partial charge on any atom is 0.244 e. The lowest BCUT2D eigenvalue weighted by molar-refractivity contribution is 0.285. The smallest absolute Gasteiger partial charge is 0.244 e. The molecule has 0 radical (unpaired) electrons. The Morgan fingerprint density at radius 1 is 1.26 bits per heavy atom. The maximum atomic E-state index is 12.6. The molecule has 0 spiro atoms. The van der Waals surface area contributed by atoms with Gasteiger partial charge < -0.3 is 4.42 Å². The second-order valence-electron chi connectivity index (χ2n) is 6.00. The van der Waals surface area contributed by atoms with Crippen molar-refractivity contribution in [1.29, 1.82) is 0 Å². The van der Waals surface area contributed by atoms with Gasteiger partial charge in [0.2, 0.25) is 21.8 Å². The van der Waals surface area contributed by atoms with Crippen LogP contribution in [0, 0.1) is 0 Å². The number of nitrogens with zero attached hydrogens (tertiary/aromatic N) is 4. The number of hydrogen-bond acceptors (Lipinski definition) is 6. The Hall–Kier alpha value is -1.80. The molecule has 7 nitrogen and oxygen atoms in total. The van der Waals surface area contributed by atoms with E-state index in [9.17, 15) is 8.42 Å². The van der Waals surface area contributed by atoms with E-state index in [2.05, 4.69) is 15.2 Å². The Labute approximate surface area is 135 Å². The van der Waals surface area contributed by atoms with Crippen LogP contribution in [0.4, 0.5) is 0 Å². The molecular formula is C15H20N4O3S. The van der Waals surface area contributed by atoms with E-state index in [1.165, 1.54) is 10.5 Å². The van der Waals surface area contributed by atoms with E-state index in [0.717, 1.165) is 0 Å². The van der Waals surface area contributed by atoms with Crippen molar-refractivity contribution in [3.05, 3.63) is 36.3 Å². The fraction of sp³-hybridized carbons (Fsp3) is 0.533. The number of hydrogen-bond donors (Lipinski definition) is 0. The van der Waals surface area contributed by atoms with Crippen LogP contribution >= 0.6 is 0 Å². The molecule has 1 aliphatic rings. The van der Waals surface area contributed by atoms with Gasteiger partial charge in [0.15, 0.2) is 0 Å². The van der Waals surface area contributed by atoms with Crippen LogP contribution in [-0.4, -0.2) is 41.0 Å². The van der Waals surface area contributed by atoms with Crippen LogP contribution in [0.5, 0.6) is 0 Å². The number of pyridine rings is 1. The minimum atomic E-state index is -3.47. The predicted molar refractivity (Wildman–Crippen MR) is 83.4 cm³/mol. The summed E-state index contributed by atoms with van der Waals surface area (Å²) in [4.78, 5) is 4.12. The quantitative estimate of drug-likeness (QED) is 0.850. The van der Waals surface area contributed by atoms with Crippen molar-refractivity contribution in [1.82, 2.24) is 19.5 Å². The average Bonchev–Trinajstić information content (AvgIpc) is 3.06. The van der Waals surface area contributed by atoms with Crippen LogP contribution in [0.3, 0.4) is 0 Å². The molecule has 124 valence electrons. The first kappa shape index (κ1) is 16.1. The Balaban J connectivity index is 1.68. The average molecular weight is 336 g/mol. The second-order valence-corrected chi connectivity index (χ2v) is 7.94. The van der Waals surface area contributed by atoms with Gasteiger partial charge in [0.05, 0.1) is 0 Å². The Morgan fingerprint density at radius 2 is 2.00 bits per heavy atom. The van der Waals surface area contributed by atoms with Gasteiger partial charge in [-0.15, -0.1) is 10.2 Å². The lowest BCUT2D eigenvalue weighted by Crippen LogP contribution is -2.38. The van der Waals surface area contributed by atoms with Crippen molar-refractivity contribution in [3.8, 4) is 0 Å². The SMILES string of the molecule is CC(C)c1nnc(C2CCN(S(=O)(=O)c3cccnc3)CC2)o1. The summed E-state index contributed by atoms with van der Waals surface area (Å²) >= 11 is 0. The molecule has 0 aliphatic carbocycles. The van der Waals surface area contributed by atoms with E-state index in [0.29, 0.717) is 37.7 Å². The van der Waals surface area contributed by atoms with E-state index in [1.54, 1.807) is 18.3 Å². The zero-order valence-corrected chi connectivity index (χ0v) is 14.0. The Morgan fingerprint density at radius 3 is 2.57 bits per heavy atom. The van der Waals surface area contributed by atoms with Crippen molar-refractivity contribution in [3.63, 3.8) is 0 Å². The first-order chi connectivity index (χ1) is 11.0. The van der Waals surface area contributed by atoms with Crippen molar-refractivity contribution in [2.45, 2.75) is 43.4 Å². The summed E-state index contributed by atoms with van der Waals surface area (Å²) < 4.78 is 32.3. The predicted octanol–water partition coefficient (Wildman–Crippen LogP) is 2.16. The Kier molecular flexibility index (Phi) is 4.45. The van der Waals surface area contributed by atoms with Gasteiger partial charge in [0, 0.05) is 37.3 Å². The largest absolute Gasteiger partial charge is 0.425 e. The zero-order valence-electron chi connectivity index (χ0n) is 13.2. The van der Waals surface area contributed by atoms with Crippen molar-refractivity contribution in [2.75, 3.05) is 13.1 Å². The minimum absolute atomic E-state index is 0.121. The van der Waals surface area contributed by atoms with Crippen molar-refractivity contribution in [2.24, 2.45) is 0 Å². The first-order valence-electron chi connectivity index (χ1n) is 7.72. The normalized spacial score (nSPS) is 17.7. The molecule has 2 aromatic heterocycles. The third-order valence-electron chi connectivity index (χ3n) is 4.03. The summed E-state index contributed by atoms with van der Waals surface area (Å²) in [5, 5.41) is 8.16. The molecule has 23 heavy (non-hydrogen) atoms. The molecule has 1 fully saturated rings. The lowest BCUT2D eigenvalue weighted by atomic mass is 9.98. The number of piperidine rings is 1. The number of sulfonamides is 1. The molecule has 0 amide bonds. The van der Waals surface area contributed by atoms with Crippen LogP contribution in [0.1, 0.15) is 50.3 Å². The highest BCUT2D eigenvalue weighted by Crippen LogP contribution is 2.30. The number of aromatic nitrogens is 3. The van der Waals surface area contributed by atoms with Gasteiger partial charge in [-0.25, -0.2) is 8.42 Å². The van der Waals surface area contributed by atoms with E-state index in [1.807, 2.05) is 13.8 Å².